The number of methoxy groups -OCH3 is 1. The molecule has 1 aliphatic carbocycles. The molecular weight excluding hydrogens is 272 g/mol. The predicted molar refractivity (Wildman–Crippen MR) is 83.9 cm³/mol. The summed E-state index contributed by atoms with van der Waals surface area (Å²) in [5, 5.41) is 16.9. The van der Waals surface area contributed by atoms with Crippen molar-refractivity contribution >= 4 is 6.47 Å². The van der Waals surface area contributed by atoms with E-state index in [1.807, 2.05) is 6.92 Å². The molecule has 0 bridgehead atoms. The van der Waals surface area contributed by atoms with Crippen LogP contribution in [0.1, 0.15) is 34.1 Å². The van der Waals surface area contributed by atoms with E-state index in [0.717, 1.165) is 25.5 Å². The van der Waals surface area contributed by atoms with E-state index >= 15 is 0 Å². The molecule has 3 unspecified atom stereocenters. The monoisotopic (exact) mass is 302 g/mol. The normalized spacial score (nSPS) is 27.8. The van der Waals surface area contributed by atoms with E-state index in [2.05, 4.69) is 23.8 Å². The van der Waals surface area contributed by atoms with Gasteiger partial charge in [-0.15, -0.1) is 0 Å². The van der Waals surface area contributed by atoms with Crippen molar-refractivity contribution in [1.29, 1.82) is 0 Å². The van der Waals surface area contributed by atoms with Crippen molar-refractivity contribution in [2.45, 2.75) is 46.3 Å². The highest BCUT2D eigenvalue weighted by atomic mass is 16.5. The lowest BCUT2D eigenvalue weighted by Crippen LogP contribution is -2.35. The Morgan fingerprint density at radius 1 is 1.48 bits per heavy atom. The molecule has 2 rings (SSSR count). The first-order valence-electron chi connectivity index (χ1n) is 6.72. The number of aliphatic hydroxyl groups excluding tert-OH is 2. The molecule has 0 aromatic heterocycles. The molecule has 0 spiro atoms. The molecule has 2 aliphatic rings. The third-order valence-corrected chi connectivity index (χ3v) is 3.35. The minimum absolute atomic E-state index is 0. The van der Waals surface area contributed by atoms with Crippen LogP contribution in [0, 0.1) is 5.92 Å². The Morgan fingerprint density at radius 2 is 2.05 bits per heavy atom. The van der Waals surface area contributed by atoms with E-state index in [4.69, 9.17) is 14.6 Å². The number of aliphatic hydroxyl groups is 2. The number of hydrogen-bond acceptors (Lipinski definition) is 5. The van der Waals surface area contributed by atoms with Crippen molar-refractivity contribution in [3.63, 3.8) is 0 Å². The molecule has 1 heterocycles. The zero-order chi connectivity index (χ0) is 15.5. The fraction of sp³-hybridized carbons (Fsp3) is 0.688. The summed E-state index contributed by atoms with van der Waals surface area (Å²) < 4.78 is 9.51. The Morgan fingerprint density at radius 3 is 2.52 bits per heavy atom. The third kappa shape index (κ3) is 6.42. The standard InChI is InChI=1S/C12H18O2.C2H4O2.CH4O.CH4/c1-3-4-9-7-14-12-10(9)6-5-8(2)11(12)13;1-4-2-3;1-2;/h4-5,10-13H,3,6-7H2,1-2H3;2H,1H3;2H,1H3;1H4/b9-4+;;;. The summed E-state index contributed by atoms with van der Waals surface area (Å²) in [4.78, 5) is 8.95. The van der Waals surface area contributed by atoms with Gasteiger partial charge in [0.25, 0.3) is 6.47 Å². The molecule has 0 radical (unpaired) electrons. The van der Waals surface area contributed by atoms with Gasteiger partial charge in [0.2, 0.25) is 0 Å². The summed E-state index contributed by atoms with van der Waals surface area (Å²) >= 11 is 0. The predicted octanol–water partition coefficient (Wildman–Crippen LogP) is 2.08. The highest BCUT2D eigenvalue weighted by Crippen LogP contribution is 2.37. The van der Waals surface area contributed by atoms with E-state index in [9.17, 15) is 5.11 Å². The lowest BCUT2D eigenvalue weighted by Gasteiger charge is -2.28. The fourth-order valence-electron chi connectivity index (χ4n) is 2.39. The lowest BCUT2D eigenvalue weighted by molar-refractivity contribution is -0.126. The third-order valence-electron chi connectivity index (χ3n) is 3.35. The van der Waals surface area contributed by atoms with Crippen LogP contribution in [0.5, 0.6) is 0 Å². The number of fused-ring (bicyclic) bond motifs is 1. The van der Waals surface area contributed by atoms with Crippen LogP contribution >= 0.6 is 0 Å². The average Bonchev–Trinajstić information content (AvgIpc) is 2.90. The van der Waals surface area contributed by atoms with Crippen LogP contribution in [0.3, 0.4) is 0 Å². The largest absolute Gasteiger partial charge is 0.471 e. The first-order chi connectivity index (χ1) is 9.65. The van der Waals surface area contributed by atoms with Crippen LogP contribution in [0.15, 0.2) is 23.3 Å². The van der Waals surface area contributed by atoms with Crippen molar-refractivity contribution in [3.8, 4) is 0 Å². The second-order valence-electron chi connectivity index (χ2n) is 4.53. The highest BCUT2D eigenvalue weighted by Gasteiger charge is 2.39. The molecule has 1 fully saturated rings. The Labute approximate surface area is 128 Å². The summed E-state index contributed by atoms with van der Waals surface area (Å²) in [6.45, 7) is 5.20. The van der Waals surface area contributed by atoms with E-state index in [0.29, 0.717) is 19.0 Å². The summed E-state index contributed by atoms with van der Waals surface area (Å²) in [6, 6.07) is 0. The minimum atomic E-state index is -0.392. The smallest absolute Gasteiger partial charge is 0.292 e. The molecule has 1 saturated heterocycles. The van der Waals surface area contributed by atoms with Gasteiger partial charge in [0.05, 0.1) is 19.8 Å². The second-order valence-corrected chi connectivity index (χ2v) is 4.53. The topological polar surface area (TPSA) is 76.0 Å². The van der Waals surface area contributed by atoms with E-state index in [-0.39, 0.29) is 13.5 Å². The Kier molecular flexibility index (Phi) is 13.2. The maximum Gasteiger partial charge on any atom is 0.292 e. The van der Waals surface area contributed by atoms with Crippen molar-refractivity contribution in [2.24, 2.45) is 5.92 Å². The van der Waals surface area contributed by atoms with Gasteiger partial charge < -0.3 is 19.7 Å². The number of ether oxygens (including phenoxy) is 2. The van der Waals surface area contributed by atoms with E-state index in [1.165, 1.54) is 12.7 Å². The van der Waals surface area contributed by atoms with Gasteiger partial charge in [-0.3, -0.25) is 4.79 Å². The zero-order valence-corrected chi connectivity index (χ0v) is 12.7. The first kappa shape index (κ1) is 22.1. The van der Waals surface area contributed by atoms with Crippen molar-refractivity contribution in [3.05, 3.63) is 23.3 Å². The van der Waals surface area contributed by atoms with Crippen LogP contribution < -0.4 is 0 Å². The van der Waals surface area contributed by atoms with E-state index in [1.54, 1.807) is 0 Å². The zero-order valence-electron chi connectivity index (χ0n) is 12.7. The fourth-order valence-corrected chi connectivity index (χ4v) is 2.39. The summed E-state index contributed by atoms with van der Waals surface area (Å²) in [6.07, 6.45) is 6.09. The molecule has 1 aliphatic heterocycles. The quantitative estimate of drug-likeness (QED) is 0.603. The molecule has 5 heteroatoms. The Hall–Kier alpha value is -1.17. The molecule has 5 nitrogen and oxygen atoms in total. The summed E-state index contributed by atoms with van der Waals surface area (Å²) in [5.74, 6) is 0.425. The Bertz CT molecular complexity index is 336. The number of carbonyl (C=O) groups is 1. The number of allylic oxidation sites excluding steroid dienone is 2. The second kappa shape index (κ2) is 12.6. The minimum Gasteiger partial charge on any atom is -0.471 e. The molecule has 124 valence electrons. The van der Waals surface area contributed by atoms with Gasteiger partial charge in [-0.2, -0.15) is 0 Å². The summed E-state index contributed by atoms with van der Waals surface area (Å²) in [5.41, 5.74) is 2.43. The van der Waals surface area contributed by atoms with Crippen molar-refractivity contribution < 1.29 is 24.5 Å². The van der Waals surface area contributed by atoms with Crippen LogP contribution in [-0.4, -0.2) is 49.7 Å². The summed E-state index contributed by atoms with van der Waals surface area (Å²) in [7, 11) is 2.31. The highest BCUT2D eigenvalue weighted by molar-refractivity contribution is 5.36. The number of carbonyl (C=O) groups excluding carboxylic acids is 1. The average molecular weight is 302 g/mol. The van der Waals surface area contributed by atoms with E-state index < -0.39 is 6.10 Å². The number of hydrogen-bond donors (Lipinski definition) is 2. The van der Waals surface area contributed by atoms with Gasteiger partial charge in [-0.05, 0) is 30.9 Å². The van der Waals surface area contributed by atoms with Gasteiger partial charge >= 0.3 is 0 Å². The SMILES string of the molecule is C.CC/C=C1\COC2C(O)C(C)=CCC12.CO.COC=O. The molecular formula is C16H30O5. The van der Waals surface area contributed by atoms with Gasteiger partial charge in [0.1, 0.15) is 6.10 Å². The molecule has 0 amide bonds. The first-order valence-corrected chi connectivity index (χ1v) is 6.72. The van der Waals surface area contributed by atoms with Gasteiger partial charge in [-0.1, -0.05) is 26.5 Å². The molecule has 3 atom stereocenters. The van der Waals surface area contributed by atoms with Crippen molar-refractivity contribution in [1.82, 2.24) is 0 Å². The van der Waals surface area contributed by atoms with Crippen LogP contribution in [0.2, 0.25) is 0 Å². The molecule has 0 saturated carbocycles. The Balaban J connectivity index is 0. The lowest BCUT2D eigenvalue weighted by atomic mass is 9.82. The van der Waals surface area contributed by atoms with Crippen LogP contribution in [-0.2, 0) is 14.3 Å². The number of rotatable bonds is 2. The van der Waals surface area contributed by atoms with Crippen molar-refractivity contribution in [2.75, 3.05) is 20.8 Å². The maximum absolute atomic E-state index is 9.91. The van der Waals surface area contributed by atoms with Gasteiger partial charge in [0.15, 0.2) is 0 Å². The van der Waals surface area contributed by atoms with Crippen LogP contribution in [0.4, 0.5) is 0 Å². The van der Waals surface area contributed by atoms with Crippen LogP contribution in [0.25, 0.3) is 0 Å². The molecule has 21 heavy (non-hydrogen) atoms. The molecule has 0 aromatic carbocycles. The molecule has 2 N–H and O–H groups in total. The van der Waals surface area contributed by atoms with Gasteiger partial charge in [-0.25, -0.2) is 0 Å². The maximum atomic E-state index is 9.91. The van der Waals surface area contributed by atoms with Gasteiger partial charge in [0, 0.05) is 13.0 Å². The molecule has 0 aromatic rings.